The molecule has 0 bridgehead atoms. The van der Waals surface area contributed by atoms with E-state index in [-0.39, 0.29) is 6.04 Å². The Morgan fingerprint density at radius 2 is 2.11 bits per heavy atom. The molecule has 18 heavy (non-hydrogen) atoms. The summed E-state index contributed by atoms with van der Waals surface area (Å²) >= 11 is 0. The summed E-state index contributed by atoms with van der Waals surface area (Å²) in [4.78, 5) is 2.15. The maximum atomic E-state index is 5.85. The van der Waals surface area contributed by atoms with Crippen LogP contribution in [0.4, 0.5) is 0 Å². The molecule has 0 aliphatic rings. The zero-order valence-corrected chi connectivity index (χ0v) is 11.0. The Kier molecular flexibility index (Phi) is 4.36. The normalized spacial score (nSPS) is 13.3. The van der Waals surface area contributed by atoms with Crippen molar-refractivity contribution in [2.75, 3.05) is 33.7 Å². The van der Waals surface area contributed by atoms with Crippen molar-refractivity contribution in [2.24, 2.45) is 5.73 Å². The summed E-state index contributed by atoms with van der Waals surface area (Å²) in [6, 6.07) is 8.20. The summed E-state index contributed by atoms with van der Waals surface area (Å²) < 4.78 is 5.55. The van der Waals surface area contributed by atoms with Crippen LogP contribution < -0.4 is 11.1 Å². The van der Waals surface area contributed by atoms with Gasteiger partial charge < -0.3 is 20.4 Å². The summed E-state index contributed by atoms with van der Waals surface area (Å²) in [5.74, 6) is 0. The molecule has 2 rings (SSSR count). The summed E-state index contributed by atoms with van der Waals surface area (Å²) in [5, 5.41) is 4.61. The molecule has 0 spiro atoms. The van der Waals surface area contributed by atoms with E-state index in [4.69, 9.17) is 10.2 Å². The highest BCUT2D eigenvalue weighted by atomic mass is 16.3. The number of benzene rings is 1. The summed E-state index contributed by atoms with van der Waals surface area (Å²) in [6.45, 7) is 2.47. The van der Waals surface area contributed by atoms with Crippen molar-refractivity contribution < 1.29 is 4.42 Å². The molecular weight excluding hydrogens is 226 g/mol. The van der Waals surface area contributed by atoms with Crippen LogP contribution in [0.3, 0.4) is 0 Å². The molecule has 0 saturated carbocycles. The van der Waals surface area contributed by atoms with Crippen molar-refractivity contribution in [3.05, 3.63) is 36.1 Å². The zero-order chi connectivity index (χ0) is 13.0. The number of fused-ring (bicyclic) bond motifs is 1. The van der Waals surface area contributed by atoms with Crippen LogP contribution in [0.2, 0.25) is 0 Å². The van der Waals surface area contributed by atoms with E-state index in [1.165, 1.54) is 0 Å². The number of furan rings is 1. The topological polar surface area (TPSA) is 54.4 Å². The number of nitrogens with one attached hydrogen (secondary N) is 1. The van der Waals surface area contributed by atoms with Crippen molar-refractivity contribution in [1.29, 1.82) is 0 Å². The first-order valence-corrected chi connectivity index (χ1v) is 6.26. The number of nitrogens with two attached hydrogens (primary N) is 1. The lowest BCUT2D eigenvalue weighted by Gasteiger charge is -2.17. The first-order chi connectivity index (χ1) is 8.72. The van der Waals surface area contributed by atoms with Crippen LogP contribution in [0, 0.1) is 0 Å². The predicted molar refractivity (Wildman–Crippen MR) is 74.6 cm³/mol. The first-order valence-electron chi connectivity index (χ1n) is 6.26. The highest BCUT2D eigenvalue weighted by Crippen LogP contribution is 2.25. The maximum absolute atomic E-state index is 5.85. The van der Waals surface area contributed by atoms with E-state index in [2.05, 4.69) is 30.4 Å². The van der Waals surface area contributed by atoms with E-state index in [1.54, 1.807) is 0 Å². The third kappa shape index (κ3) is 2.90. The van der Waals surface area contributed by atoms with Gasteiger partial charge >= 0.3 is 0 Å². The third-order valence-corrected chi connectivity index (χ3v) is 3.07. The van der Waals surface area contributed by atoms with Gasteiger partial charge in [0.25, 0.3) is 0 Å². The van der Waals surface area contributed by atoms with Crippen LogP contribution in [0.1, 0.15) is 11.6 Å². The van der Waals surface area contributed by atoms with Gasteiger partial charge in [-0.25, -0.2) is 0 Å². The lowest BCUT2D eigenvalue weighted by molar-refractivity contribution is 0.385. The Labute approximate surface area is 108 Å². The highest BCUT2D eigenvalue weighted by molar-refractivity contribution is 5.81. The summed E-state index contributed by atoms with van der Waals surface area (Å²) in [5.41, 5.74) is 7.92. The highest BCUT2D eigenvalue weighted by Gasteiger charge is 2.14. The Balaban J connectivity index is 2.12. The van der Waals surface area contributed by atoms with Gasteiger partial charge in [-0.15, -0.1) is 0 Å². The minimum absolute atomic E-state index is 0.147. The number of para-hydroxylation sites is 1. The van der Waals surface area contributed by atoms with Crippen LogP contribution in [-0.4, -0.2) is 38.6 Å². The van der Waals surface area contributed by atoms with Crippen molar-refractivity contribution in [1.82, 2.24) is 10.2 Å². The van der Waals surface area contributed by atoms with Gasteiger partial charge in [0.1, 0.15) is 5.58 Å². The largest absolute Gasteiger partial charge is 0.464 e. The summed E-state index contributed by atoms with van der Waals surface area (Å²) in [6.07, 6.45) is 1.81. The molecule has 2 aromatic rings. The van der Waals surface area contributed by atoms with E-state index in [0.29, 0.717) is 6.54 Å². The Bertz CT molecular complexity index is 492. The third-order valence-electron chi connectivity index (χ3n) is 3.07. The minimum atomic E-state index is 0.147. The molecule has 1 heterocycles. The Morgan fingerprint density at radius 1 is 1.33 bits per heavy atom. The van der Waals surface area contributed by atoms with E-state index in [1.807, 2.05) is 24.5 Å². The van der Waals surface area contributed by atoms with E-state index < -0.39 is 0 Å². The molecule has 3 N–H and O–H groups in total. The van der Waals surface area contributed by atoms with E-state index >= 15 is 0 Å². The van der Waals surface area contributed by atoms with Crippen molar-refractivity contribution in [3.63, 3.8) is 0 Å². The molecule has 0 saturated heterocycles. The SMILES string of the molecule is CN(C)CCNC(CN)c1coc2ccccc12. The minimum Gasteiger partial charge on any atom is -0.464 e. The van der Waals surface area contributed by atoms with Crippen LogP contribution in [-0.2, 0) is 0 Å². The van der Waals surface area contributed by atoms with Gasteiger partial charge in [0.2, 0.25) is 0 Å². The smallest absolute Gasteiger partial charge is 0.134 e. The van der Waals surface area contributed by atoms with Crippen LogP contribution in [0.15, 0.2) is 34.9 Å². The lowest BCUT2D eigenvalue weighted by atomic mass is 10.1. The predicted octanol–water partition coefficient (Wildman–Crippen LogP) is 1.58. The number of likely N-dealkylation sites (N-methyl/N-ethyl adjacent to an activating group) is 1. The molecule has 1 aromatic heterocycles. The zero-order valence-electron chi connectivity index (χ0n) is 11.0. The van der Waals surface area contributed by atoms with Gasteiger partial charge in [0.15, 0.2) is 0 Å². The fourth-order valence-corrected chi connectivity index (χ4v) is 2.05. The summed E-state index contributed by atoms with van der Waals surface area (Å²) in [7, 11) is 4.12. The van der Waals surface area contributed by atoms with Crippen molar-refractivity contribution in [3.8, 4) is 0 Å². The average Bonchev–Trinajstić information content (AvgIpc) is 2.78. The van der Waals surface area contributed by atoms with Gasteiger partial charge in [-0.3, -0.25) is 0 Å². The van der Waals surface area contributed by atoms with Crippen molar-refractivity contribution >= 4 is 11.0 Å². The molecule has 4 nitrogen and oxygen atoms in total. The van der Waals surface area contributed by atoms with E-state index in [0.717, 1.165) is 29.6 Å². The van der Waals surface area contributed by atoms with Gasteiger partial charge in [0, 0.05) is 36.6 Å². The number of rotatable bonds is 6. The maximum Gasteiger partial charge on any atom is 0.134 e. The van der Waals surface area contributed by atoms with Crippen LogP contribution in [0.5, 0.6) is 0 Å². The molecule has 1 unspecified atom stereocenters. The van der Waals surface area contributed by atoms with Gasteiger partial charge in [-0.1, -0.05) is 18.2 Å². The standard InChI is InChI=1S/C14H21N3O/c1-17(2)8-7-16-13(9-15)12-10-18-14-6-4-3-5-11(12)14/h3-6,10,13,16H,7-9,15H2,1-2H3. The molecule has 0 aliphatic heterocycles. The second-order valence-electron chi connectivity index (χ2n) is 4.73. The number of hydrogen-bond donors (Lipinski definition) is 2. The second kappa shape index (κ2) is 6.00. The Hall–Kier alpha value is -1.36. The number of hydrogen-bond acceptors (Lipinski definition) is 4. The van der Waals surface area contributed by atoms with Gasteiger partial charge in [-0.2, -0.15) is 0 Å². The lowest BCUT2D eigenvalue weighted by Crippen LogP contribution is -2.33. The fraction of sp³-hybridized carbons (Fsp3) is 0.429. The quantitative estimate of drug-likeness (QED) is 0.814. The van der Waals surface area contributed by atoms with Gasteiger partial charge in [0.05, 0.1) is 6.26 Å². The van der Waals surface area contributed by atoms with Crippen LogP contribution in [0.25, 0.3) is 11.0 Å². The molecule has 4 heteroatoms. The monoisotopic (exact) mass is 247 g/mol. The van der Waals surface area contributed by atoms with Gasteiger partial charge in [-0.05, 0) is 20.2 Å². The number of nitrogens with zero attached hydrogens (tertiary/aromatic N) is 1. The fourth-order valence-electron chi connectivity index (χ4n) is 2.05. The molecule has 1 aromatic carbocycles. The van der Waals surface area contributed by atoms with Crippen molar-refractivity contribution in [2.45, 2.75) is 6.04 Å². The molecule has 0 aliphatic carbocycles. The molecule has 0 fully saturated rings. The second-order valence-corrected chi connectivity index (χ2v) is 4.73. The molecular formula is C14H21N3O. The molecule has 0 amide bonds. The molecule has 1 atom stereocenters. The average molecular weight is 247 g/mol. The molecule has 98 valence electrons. The Morgan fingerprint density at radius 3 is 2.83 bits per heavy atom. The van der Waals surface area contributed by atoms with E-state index in [9.17, 15) is 0 Å². The first kappa shape index (κ1) is 13.1. The van der Waals surface area contributed by atoms with Crippen LogP contribution >= 0.6 is 0 Å². The molecule has 0 radical (unpaired) electrons.